The van der Waals surface area contributed by atoms with Gasteiger partial charge in [0.05, 0.1) is 12.3 Å². The largest absolute Gasteiger partial charge is 0.490 e. The Morgan fingerprint density at radius 2 is 1.96 bits per heavy atom. The Hall–Kier alpha value is -2.04. The second kappa shape index (κ2) is 6.93. The number of likely N-dealkylation sites (tertiary alicyclic amines) is 1. The van der Waals surface area contributed by atoms with Gasteiger partial charge in [-0.1, -0.05) is 12.1 Å². The maximum Gasteiger partial charge on any atom is 0.307 e. The number of benzene rings is 1. The number of hydrogen-bond donors (Lipinski definition) is 0. The number of amides is 1. The van der Waals surface area contributed by atoms with Crippen molar-refractivity contribution in [3.8, 4) is 5.75 Å². The predicted octanol–water partition coefficient (Wildman–Crippen LogP) is 3.24. The first-order valence-electron chi connectivity index (χ1n) is 9.80. The molecule has 0 bridgehead atoms. The molecule has 0 radical (unpaired) electrons. The summed E-state index contributed by atoms with van der Waals surface area (Å²) in [4.78, 5) is 26.9. The van der Waals surface area contributed by atoms with Gasteiger partial charge in [0.15, 0.2) is 0 Å². The van der Waals surface area contributed by atoms with Gasteiger partial charge in [0.1, 0.15) is 17.5 Å². The molecule has 5 heteroatoms. The molecule has 3 aliphatic rings. The lowest BCUT2D eigenvalue weighted by molar-refractivity contribution is -0.152. The highest BCUT2D eigenvalue weighted by Gasteiger charge is 2.54. The summed E-state index contributed by atoms with van der Waals surface area (Å²) in [5.74, 6) is 0.510. The lowest BCUT2D eigenvalue weighted by Crippen LogP contribution is -2.48. The Bertz CT molecular complexity index is 687. The molecule has 2 heterocycles. The number of carbonyl (C=O) groups is 2. The van der Waals surface area contributed by atoms with Crippen LogP contribution in [0.4, 0.5) is 0 Å². The molecule has 3 fully saturated rings. The zero-order valence-corrected chi connectivity index (χ0v) is 15.4. The van der Waals surface area contributed by atoms with Crippen LogP contribution in [0.3, 0.4) is 0 Å². The van der Waals surface area contributed by atoms with Crippen LogP contribution in [0.5, 0.6) is 5.75 Å². The molecule has 5 nitrogen and oxygen atoms in total. The summed E-state index contributed by atoms with van der Waals surface area (Å²) in [7, 11) is 0. The third-order valence-electron chi connectivity index (χ3n) is 6.12. The first-order valence-corrected chi connectivity index (χ1v) is 9.80. The monoisotopic (exact) mass is 357 g/mol. The van der Waals surface area contributed by atoms with E-state index >= 15 is 0 Å². The molecular formula is C21H27NO4. The summed E-state index contributed by atoms with van der Waals surface area (Å²) in [6, 6.07) is 8.08. The van der Waals surface area contributed by atoms with E-state index in [4.69, 9.17) is 9.47 Å². The summed E-state index contributed by atoms with van der Waals surface area (Å²) < 4.78 is 11.7. The van der Waals surface area contributed by atoms with Crippen LogP contribution in [0.15, 0.2) is 24.3 Å². The average Bonchev–Trinajstić information content (AvgIpc) is 3.22. The Morgan fingerprint density at radius 3 is 2.65 bits per heavy atom. The van der Waals surface area contributed by atoms with Crippen molar-refractivity contribution < 1.29 is 19.1 Å². The third-order valence-corrected chi connectivity index (χ3v) is 6.12. The van der Waals surface area contributed by atoms with Crippen molar-refractivity contribution in [3.63, 3.8) is 0 Å². The fourth-order valence-electron chi connectivity index (χ4n) is 4.72. The van der Waals surface area contributed by atoms with Crippen molar-refractivity contribution in [2.24, 2.45) is 5.92 Å². The van der Waals surface area contributed by atoms with Crippen LogP contribution in [0, 0.1) is 12.8 Å². The van der Waals surface area contributed by atoms with Gasteiger partial charge < -0.3 is 14.4 Å². The number of hydrogen-bond acceptors (Lipinski definition) is 4. The molecule has 1 amide bonds. The number of piperidine rings is 1. The Labute approximate surface area is 154 Å². The van der Waals surface area contributed by atoms with Gasteiger partial charge in [0.25, 0.3) is 0 Å². The molecule has 2 aliphatic heterocycles. The topological polar surface area (TPSA) is 55.8 Å². The van der Waals surface area contributed by atoms with Crippen LogP contribution in [0.1, 0.15) is 50.5 Å². The number of ether oxygens (including phenoxy) is 2. The maximum absolute atomic E-state index is 13.1. The van der Waals surface area contributed by atoms with Gasteiger partial charge in [-0.05, 0) is 50.3 Å². The van der Waals surface area contributed by atoms with E-state index < -0.39 is 5.60 Å². The molecule has 1 saturated carbocycles. The van der Waals surface area contributed by atoms with Crippen LogP contribution in [0.2, 0.25) is 0 Å². The van der Waals surface area contributed by atoms with E-state index in [1.165, 1.54) is 5.56 Å². The highest BCUT2D eigenvalue weighted by Crippen LogP contribution is 2.46. The van der Waals surface area contributed by atoms with Crippen molar-refractivity contribution in [1.29, 1.82) is 0 Å². The molecule has 0 N–H and O–H groups in total. The smallest absolute Gasteiger partial charge is 0.307 e. The first-order chi connectivity index (χ1) is 12.6. The lowest BCUT2D eigenvalue weighted by atomic mass is 9.84. The van der Waals surface area contributed by atoms with Gasteiger partial charge in [0, 0.05) is 25.9 Å². The number of nitrogens with zero attached hydrogens (tertiary/aromatic N) is 1. The lowest BCUT2D eigenvalue weighted by Gasteiger charge is -2.36. The second-order valence-electron chi connectivity index (χ2n) is 7.96. The minimum atomic E-state index is -0.511. The fourth-order valence-corrected chi connectivity index (χ4v) is 4.72. The van der Waals surface area contributed by atoms with Crippen LogP contribution < -0.4 is 4.74 Å². The fraction of sp³-hybridized carbons (Fsp3) is 0.619. The zero-order valence-electron chi connectivity index (χ0n) is 15.4. The molecule has 26 heavy (non-hydrogen) atoms. The zero-order chi connectivity index (χ0) is 18.1. The van der Waals surface area contributed by atoms with Crippen molar-refractivity contribution in [3.05, 3.63) is 29.8 Å². The van der Waals surface area contributed by atoms with E-state index in [9.17, 15) is 9.59 Å². The third kappa shape index (κ3) is 3.31. The quantitative estimate of drug-likeness (QED) is 0.780. The summed E-state index contributed by atoms with van der Waals surface area (Å²) in [6.07, 6.45) is 5.81. The van der Waals surface area contributed by atoms with Gasteiger partial charge >= 0.3 is 5.97 Å². The summed E-state index contributed by atoms with van der Waals surface area (Å²) in [5.41, 5.74) is 0.672. The maximum atomic E-state index is 13.1. The van der Waals surface area contributed by atoms with Crippen molar-refractivity contribution in [2.75, 3.05) is 13.1 Å². The van der Waals surface area contributed by atoms with Crippen molar-refractivity contribution >= 4 is 11.9 Å². The van der Waals surface area contributed by atoms with E-state index in [1.54, 1.807) is 0 Å². The minimum Gasteiger partial charge on any atom is -0.490 e. The van der Waals surface area contributed by atoms with Crippen molar-refractivity contribution in [1.82, 2.24) is 4.90 Å². The van der Waals surface area contributed by atoms with E-state index in [0.29, 0.717) is 13.1 Å². The highest BCUT2D eigenvalue weighted by molar-refractivity contribution is 5.88. The van der Waals surface area contributed by atoms with E-state index in [-0.39, 0.29) is 30.3 Å². The van der Waals surface area contributed by atoms with Gasteiger partial charge in [-0.25, -0.2) is 0 Å². The van der Waals surface area contributed by atoms with Gasteiger partial charge in [0.2, 0.25) is 5.91 Å². The molecule has 0 unspecified atom stereocenters. The van der Waals surface area contributed by atoms with E-state index in [1.807, 2.05) is 23.1 Å². The van der Waals surface area contributed by atoms with E-state index in [0.717, 1.165) is 44.3 Å². The van der Waals surface area contributed by atoms with Crippen LogP contribution >= 0.6 is 0 Å². The molecule has 1 aromatic carbocycles. The average molecular weight is 357 g/mol. The molecule has 1 aliphatic carbocycles. The molecule has 1 aromatic rings. The van der Waals surface area contributed by atoms with Gasteiger partial charge in [-0.2, -0.15) is 0 Å². The molecule has 4 rings (SSSR count). The van der Waals surface area contributed by atoms with Crippen LogP contribution in [-0.4, -0.2) is 41.6 Å². The molecule has 0 aromatic heterocycles. The number of esters is 1. The second-order valence-corrected chi connectivity index (χ2v) is 7.96. The Balaban J connectivity index is 1.35. The molecule has 2 saturated heterocycles. The summed E-state index contributed by atoms with van der Waals surface area (Å²) >= 11 is 0. The molecular weight excluding hydrogens is 330 g/mol. The van der Waals surface area contributed by atoms with E-state index in [2.05, 4.69) is 13.0 Å². The van der Waals surface area contributed by atoms with Crippen molar-refractivity contribution in [2.45, 2.75) is 63.6 Å². The number of carbonyl (C=O) groups excluding carboxylic acids is 2. The molecule has 1 spiro atoms. The van der Waals surface area contributed by atoms with Gasteiger partial charge in [-0.15, -0.1) is 0 Å². The molecule has 1 atom stereocenters. The molecule has 140 valence electrons. The van der Waals surface area contributed by atoms with Gasteiger partial charge in [-0.3, -0.25) is 9.59 Å². The number of aryl methyl sites for hydroxylation is 1. The predicted molar refractivity (Wildman–Crippen MR) is 96.8 cm³/mol. The standard InChI is InChI=1S/C21H27NO4/c1-15-5-4-6-17(13-15)25-16-7-11-22(12-8-16)20(24)18-14-19(23)26-21(18)9-2-3-10-21/h4-6,13,16,18H,2-3,7-12,14H2,1H3/t18-/m0/s1. The Kier molecular flexibility index (Phi) is 4.63. The minimum absolute atomic E-state index is 0.103. The number of rotatable bonds is 3. The van der Waals surface area contributed by atoms with Crippen LogP contribution in [-0.2, 0) is 14.3 Å². The summed E-state index contributed by atoms with van der Waals surface area (Å²) in [5, 5.41) is 0. The SMILES string of the molecule is Cc1cccc(OC2CCN(C(=O)[C@@H]3CC(=O)OC34CCCC4)CC2)c1. The summed E-state index contributed by atoms with van der Waals surface area (Å²) in [6.45, 7) is 3.43. The highest BCUT2D eigenvalue weighted by atomic mass is 16.6. The Morgan fingerprint density at radius 1 is 1.23 bits per heavy atom. The van der Waals surface area contributed by atoms with Crippen LogP contribution in [0.25, 0.3) is 0 Å². The normalized spacial score (nSPS) is 25.5. The first kappa shape index (κ1) is 17.4.